The molecular formula is C28H36O6. The Hall–Kier alpha value is -3.02. The summed E-state index contributed by atoms with van der Waals surface area (Å²) in [6.07, 6.45) is 4.16. The first-order valence-electron chi connectivity index (χ1n) is 11.8. The molecule has 1 atom stereocenters. The molecule has 2 aromatic rings. The fourth-order valence-corrected chi connectivity index (χ4v) is 3.96. The predicted octanol–water partition coefficient (Wildman–Crippen LogP) is 6.39. The number of hydrogen-bond donors (Lipinski definition) is 0. The van der Waals surface area contributed by atoms with Crippen LogP contribution < -0.4 is 28.4 Å². The van der Waals surface area contributed by atoms with Crippen LogP contribution in [0.3, 0.4) is 0 Å². The van der Waals surface area contributed by atoms with Gasteiger partial charge in [0.05, 0.1) is 6.61 Å². The van der Waals surface area contributed by atoms with Crippen LogP contribution in [0.25, 0.3) is 0 Å². The molecule has 0 radical (unpaired) electrons. The molecule has 0 amide bonds. The van der Waals surface area contributed by atoms with Gasteiger partial charge in [-0.15, -0.1) is 0 Å². The van der Waals surface area contributed by atoms with Gasteiger partial charge in [-0.05, 0) is 23.0 Å². The Morgan fingerprint density at radius 1 is 0.735 bits per heavy atom. The number of fused-ring (bicyclic) bond motifs is 2. The van der Waals surface area contributed by atoms with E-state index in [1.54, 1.807) is 0 Å². The Kier molecular flexibility index (Phi) is 6.61. The van der Waals surface area contributed by atoms with E-state index in [0.29, 0.717) is 13.2 Å². The molecule has 0 N–H and O–H groups in total. The van der Waals surface area contributed by atoms with Crippen LogP contribution in [0.1, 0.15) is 59.6 Å². The van der Waals surface area contributed by atoms with Crippen molar-refractivity contribution in [3.05, 3.63) is 47.5 Å². The molecule has 2 heterocycles. The summed E-state index contributed by atoms with van der Waals surface area (Å²) in [5, 5.41) is 0. The lowest BCUT2D eigenvalue weighted by Gasteiger charge is -2.24. The monoisotopic (exact) mass is 468 g/mol. The van der Waals surface area contributed by atoms with Crippen LogP contribution in [0.2, 0.25) is 0 Å². The van der Waals surface area contributed by atoms with E-state index >= 15 is 0 Å². The van der Waals surface area contributed by atoms with Gasteiger partial charge < -0.3 is 28.4 Å². The fourth-order valence-electron chi connectivity index (χ4n) is 3.96. The largest absolute Gasteiger partial charge is 0.493 e. The van der Waals surface area contributed by atoms with Crippen LogP contribution in [0, 0.1) is 5.92 Å². The lowest BCUT2D eigenvalue weighted by atomic mass is 9.86. The molecular weight excluding hydrogens is 432 g/mol. The third-order valence-corrected chi connectivity index (χ3v) is 5.87. The lowest BCUT2D eigenvalue weighted by molar-refractivity contribution is 0.173. The molecule has 0 aliphatic carbocycles. The van der Waals surface area contributed by atoms with Gasteiger partial charge >= 0.3 is 0 Å². The normalized spacial score (nSPS) is 15.6. The minimum absolute atomic E-state index is 0.0708. The summed E-state index contributed by atoms with van der Waals surface area (Å²) in [6.45, 7) is 16.6. The summed E-state index contributed by atoms with van der Waals surface area (Å²) in [6, 6.07) is 7.92. The van der Waals surface area contributed by atoms with E-state index in [4.69, 9.17) is 28.4 Å². The molecule has 6 heteroatoms. The van der Waals surface area contributed by atoms with Gasteiger partial charge in [0.15, 0.2) is 23.0 Å². The second-order valence-electron chi connectivity index (χ2n) is 10.9. The van der Waals surface area contributed by atoms with Gasteiger partial charge in [0.1, 0.15) is 18.1 Å². The lowest BCUT2D eigenvalue weighted by Crippen LogP contribution is -2.15. The van der Waals surface area contributed by atoms with Crippen molar-refractivity contribution in [1.29, 1.82) is 0 Å². The molecule has 0 saturated carbocycles. The third kappa shape index (κ3) is 5.37. The van der Waals surface area contributed by atoms with Crippen molar-refractivity contribution in [2.24, 2.45) is 5.92 Å². The topological polar surface area (TPSA) is 55.4 Å². The molecule has 4 rings (SSSR count). The Bertz CT molecular complexity index is 1060. The van der Waals surface area contributed by atoms with Gasteiger partial charge in [0, 0.05) is 29.2 Å². The van der Waals surface area contributed by atoms with Crippen molar-refractivity contribution in [3.63, 3.8) is 0 Å². The smallest absolute Gasteiger partial charge is 0.231 e. The Morgan fingerprint density at radius 2 is 1.18 bits per heavy atom. The highest BCUT2D eigenvalue weighted by Crippen LogP contribution is 2.44. The molecule has 0 aromatic heterocycles. The maximum Gasteiger partial charge on any atom is 0.231 e. The standard InChI is InChI=1S/C28H36O6/c1-18(15-30-22-14-26-24(32-17-34-26)12-20(22)28(5,6)7)9-8-10-29-21-13-25-23(31-16-33-25)11-19(21)27(2,3)4/h8-9,11-14,18H,10,15-17H2,1-7H3/b9-8+. The zero-order valence-electron chi connectivity index (χ0n) is 21.3. The second-order valence-corrected chi connectivity index (χ2v) is 10.9. The number of hydrogen-bond acceptors (Lipinski definition) is 6. The summed E-state index contributed by atoms with van der Waals surface area (Å²) in [5.74, 6) is 4.88. The molecule has 2 aliphatic heterocycles. The van der Waals surface area contributed by atoms with Gasteiger partial charge in [-0.2, -0.15) is 0 Å². The van der Waals surface area contributed by atoms with Crippen molar-refractivity contribution in [2.75, 3.05) is 26.8 Å². The molecule has 0 saturated heterocycles. The summed E-state index contributed by atoms with van der Waals surface area (Å²) in [4.78, 5) is 0. The summed E-state index contributed by atoms with van der Waals surface area (Å²) in [7, 11) is 0. The highest BCUT2D eigenvalue weighted by molar-refractivity contribution is 5.55. The molecule has 0 bridgehead atoms. The van der Waals surface area contributed by atoms with Crippen molar-refractivity contribution < 1.29 is 28.4 Å². The average Bonchev–Trinajstić information content (AvgIpc) is 3.40. The maximum atomic E-state index is 6.22. The van der Waals surface area contributed by atoms with Gasteiger partial charge in [-0.3, -0.25) is 0 Å². The second kappa shape index (κ2) is 9.32. The zero-order valence-corrected chi connectivity index (χ0v) is 21.3. The first-order valence-corrected chi connectivity index (χ1v) is 11.8. The molecule has 1 unspecified atom stereocenters. The Balaban J connectivity index is 1.37. The van der Waals surface area contributed by atoms with Crippen LogP contribution in [-0.2, 0) is 10.8 Å². The minimum atomic E-state index is -0.0729. The van der Waals surface area contributed by atoms with E-state index in [1.807, 2.05) is 30.3 Å². The minimum Gasteiger partial charge on any atom is -0.493 e. The number of benzene rings is 2. The summed E-state index contributed by atoms with van der Waals surface area (Å²) in [5.41, 5.74) is 2.06. The number of ether oxygens (including phenoxy) is 6. The predicted molar refractivity (Wildman–Crippen MR) is 132 cm³/mol. The van der Waals surface area contributed by atoms with E-state index in [-0.39, 0.29) is 30.3 Å². The number of rotatable bonds is 7. The molecule has 2 aliphatic rings. The van der Waals surface area contributed by atoms with E-state index < -0.39 is 0 Å². The van der Waals surface area contributed by atoms with Gasteiger partial charge in [0.2, 0.25) is 13.6 Å². The van der Waals surface area contributed by atoms with E-state index in [9.17, 15) is 0 Å². The van der Waals surface area contributed by atoms with Crippen LogP contribution in [-0.4, -0.2) is 26.8 Å². The highest BCUT2D eigenvalue weighted by atomic mass is 16.7. The summed E-state index contributed by atoms with van der Waals surface area (Å²) >= 11 is 0. The summed E-state index contributed by atoms with van der Waals surface area (Å²) < 4.78 is 34.5. The van der Waals surface area contributed by atoms with Crippen LogP contribution in [0.15, 0.2) is 36.4 Å². The highest BCUT2D eigenvalue weighted by Gasteiger charge is 2.26. The Morgan fingerprint density at radius 3 is 1.65 bits per heavy atom. The third-order valence-electron chi connectivity index (χ3n) is 5.87. The van der Waals surface area contributed by atoms with E-state index in [1.165, 1.54) is 0 Å². The van der Waals surface area contributed by atoms with E-state index in [2.05, 4.69) is 54.5 Å². The van der Waals surface area contributed by atoms with Gasteiger partial charge in [0.25, 0.3) is 0 Å². The molecule has 6 nitrogen and oxygen atoms in total. The molecule has 34 heavy (non-hydrogen) atoms. The Labute approximate surface area is 202 Å². The zero-order chi connectivity index (χ0) is 24.5. The van der Waals surface area contributed by atoms with Gasteiger partial charge in [-0.25, -0.2) is 0 Å². The SMILES string of the molecule is CC(/C=C/COc1cc2c(cc1C(C)(C)C)OCO2)COc1cc2c(cc1C(C)(C)C)OCO2. The molecule has 2 aromatic carbocycles. The van der Waals surface area contributed by atoms with Crippen LogP contribution in [0.5, 0.6) is 34.5 Å². The van der Waals surface area contributed by atoms with Crippen LogP contribution >= 0.6 is 0 Å². The fraction of sp³-hybridized carbons (Fsp3) is 0.500. The van der Waals surface area contributed by atoms with Crippen molar-refractivity contribution in [3.8, 4) is 34.5 Å². The molecule has 0 fully saturated rings. The first kappa shape index (κ1) is 24.1. The van der Waals surface area contributed by atoms with Crippen molar-refractivity contribution in [2.45, 2.75) is 59.3 Å². The maximum absolute atomic E-state index is 6.22. The van der Waals surface area contributed by atoms with Crippen molar-refractivity contribution in [1.82, 2.24) is 0 Å². The quantitative estimate of drug-likeness (QED) is 0.439. The van der Waals surface area contributed by atoms with Crippen LogP contribution in [0.4, 0.5) is 0 Å². The average molecular weight is 469 g/mol. The van der Waals surface area contributed by atoms with E-state index in [0.717, 1.165) is 45.6 Å². The van der Waals surface area contributed by atoms with Gasteiger partial charge in [-0.1, -0.05) is 60.6 Å². The molecule has 184 valence electrons. The van der Waals surface area contributed by atoms with Crippen molar-refractivity contribution >= 4 is 0 Å². The first-order chi connectivity index (χ1) is 16.0. The molecule has 0 spiro atoms.